The number of anilines is 1. The normalized spacial score (nSPS) is 14.7. The molecule has 1 saturated heterocycles. The smallest absolute Gasteiger partial charge is 0.170 e. The van der Waals surface area contributed by atoms with Gasteiger partial charge in [0.2, 0.25) is 0 Å². The standard InChI is InChI=1S/C24H31N5O3/c1-27(11-12-28-13-15-29(16-14-28)23-9-4-5-10-25-23)18-19-17-21(26-32-19)20-7-6-8-22(30-2)24(20)31-3/h4-10,17H,11-16,18H2,1-3H3. The highest BCUT2D eigenvalue weighted by molar-refractivity contribution is 5.71. The maximum absolute atomic E-state index is 5.60. The van der Waals surface area contributed by atoms with Crippen LogP contribution in [0.3, 0.4) is 0 Å². The molecule has 0 saturated carbocycles. The van der Waals surface area contributed by atoms with Gasteiger partial charge in [-0.1, -0.05) is 17.3 Å². The number of methoxy groups -OCH3 is 2. The first kappa shape index (κ1) is 22.1. The number of piperazine rings is 1. The summed E-state index contributed by atoms with van der Waals surface area (Å²) in [5.74, 6) is 3.23. The molecule has 32 heavy (non-hydrogen) atoms. The summed E-state index contributed by atoms with van der Waals surface area (Å²) >= 11 is 0. The summed E-state index contributed by atoms with van der Waals surface area (Å²) in [4.78, 5) is 11.6. The van der Waals surface area contributed by atoms with Crippen LogP contribution in [-0.4, -0.2) is 80.5 Å². The topological polar surface area (TPSA) is 67.1 Å². The lowest BCUT2D eigenvalue weighted by atomic mass is 10.1. The van der Waals surface area contributed by atoms with Gasteiger partial charge >= 0.3 is 0 Å². The van der Waals surface area contributed by atoms with E-state index in [1.165, 1.54) is 0 Å². The Morgan fingerprint density at radius 2 is 1.88 bits per heavy atom. The highest BCUT2D eigenvalue weighted by Gasteiger charge is 2.19. The van der Waals surface area contributed by atoms with Crippen molar-refractivity contribution in [2.75, 3.05) is 65.4 Å². The zero-order valence-electron chi connectivity index (χ0n) is 19.0. The number of aromatic nitrogens is 2. The van der Waals surface area contributed by atoms with E-state index in [0.29, 0.717) is 18.0 Å². The lowest BCUT2D eigenvalue weighted by molar-refractivity contribution is 0.201. The van der Waals surface area contributed by atoms with Gasteiger partial charge in [-0.2, -0.15) is 0 Å². The van der Waals surface area contributed by atoms with E-state index < -0.39 is 0 Å². The van der Waals surface area contributed by atoms with Crippen molar-refractivity contribution in [1.29, 1.82) is 0 Å². The van der Waals surface area contributed by atoms with Crippen LogP contribution in [0.25, 0.3) is 11.3 Å². The minimum atomic E-state index is 0.660. The molecule has 0 radical (unpaired) electrons. The van der Waals surface area contributed by atoms with Crippen LogP contribution in [0.5, 0.6) is 11.5 Å². The molecular weight excluding hydrogens is 406 g/mol. The van der Waals surface area contributed by atoms with Crippen molar-refractivity contribution in [3.05, 3.63) is 54.4 Å². The molecule has 8 heteroatoms. The van der Waals surface area contributed by atoms with E-state index in [0.717, 1.165) is 62.1 Å². The second-order valence-electron chi connectivity index (χ2n) is 7.97. The Kier molecular flexibility index (Phi) is 7.24. The molecule has 8 nitrogen and oxygen atoms in total. The summed E-state index contributed by atoms with van der Waals surface area (Å²) in [7, 11) is 5.37. The zero-order chi connectivity index (χ0) is 22.3. The first-order valence-electron chi connectivity index (χ1n) is 10.9. The zero-order valence-corrected chi connectivity index (χ0v) is 19.0. The average Bonchev–Trinajstić information content (AvgIpc) is 3.31. The molecule has 2 aromatic heterocycles. The maximum Gasteiger partial charge on any atom is 0.170 e. The van der Waals surface area contributed by atoms with Gasteiger partial charge in [0.15, 0.2) is 17.3 Å². The largest absolute Gasteiger partial charge is 0.493 e. The molecule has 0 N–H and O–H groups in total. The number of hydrogen-bond donors (Lipinski definition) is 0. The molecule has 1 aromatic carbocycles. The van der Waals surface area contributed by atoms with Gasteiger partial charge in [0.1, 0.15) is 11.5 Å². The Labute approximate surface area is 189 Å². The van der Waals surface area contributed by atoms with Gasteiger partial charge in [-0.3, -0.25) is 9.80 Å². The molecule has 0 spiro atoms. The fraction of sp³-hybridized carbons (Fsp3) is 0.417. The van der Waals surface area contributed by atoms with Crippen molar-refractivity contribution in [2.45, 2.75) is 6.54 Å². The van der Waals surface area contributed by atoms with E-state index in [1.54, 1.807) is 14.2 Å². The Hall–Kier alpha value is -3.10. The Bertz CT molecular complexity index is 986. The molecule has 0 amide bonds. The van der Waals surface area contributed by atoms with Crippen LogP contribution >= 0.6 is 0 Å². The third-order valence-electron chi connectivity index (χ3n) is 5.81. The van der Waals surface area contributed by atoms with E-state index >= 15 is 0 Å². The lowest BCUT2D eigenvalue weighted by Gasteiger charge is -2.36. The Balaban J connectivity index is 1.27. The summed E-state index contributed by atoms with van der Waals surface area (Å²) in [6, 6.07) is 13.8. The molecule has 3 aromatic rings. The fourth-order valence-electron chi connectivity index (χ4n) is 4.00. The number of pyridine rings is 1. The SMILES string of the molecule is COc1cccc(-c2cc(CN(C)CCN3CCN(c4ccccn4)CC3)on2)c1OC. The first-order valence-corrected chi connectivity index (χ1v) is 10.9. The lowest BCUT2D eigenvalue weighted by Crippen LogP contribution is -2.48. The summed E-state index contributed by atoms with van der Waals surface area (Å²) in [6.45, 7) is 6.80. The summed E-state index contributed by atoms with van der Waals surface area (Å²) in [6.07, 6.45) is 1.86. The third kappa shape index (κ3) is 5.20. The average molecular weight is 438 g/mol. The van der Waals surface area contributed by atoms with Crippen molar-refractivity contribution in [3.63, 3.8) is 0 Å². The third-order valence-corrected chi connectivity index (χ3v) is 5.81. The molecule has 0 bridgehead atoms. The molecule has 1 aliphatic rings. The Morgan fingerprint density at radius 3 is 2.59 bits per heavy atom. The summed E-state index contributed by atoms with van der Waals surface area (Å²) in [5, 5.41) is 4.25. The van der Waals surface area contributed by atoms with E-state index in [9.17, 15) is 0 Å². The molecular formula is C24H31N5O3. The van der Waals surface area contributed by atoms with Gasteiger partial charge in [-0.15, -0.1) is 0 Å². The Morgan fingerprint density at radius 1 is 1.03 bits per heavy atom. The first-order chi connectivity index (χ1) is 15.7. The van der Waals surface area contributed by atoms with Crippen molar-refractivity contribution in [3.8, 4) is 22.8 Å². The number of para-hydroxylation sites is 1. The van der Waals surface area contributed by atoms with Crippen LogP contribution in [0.15, 0.2) is 53.2 Å². The van der Waals surface area contributed by atoms with Gasteiger partial charge in [0.25, 0.3) is 0 Å². The molecule has 3 heterocycles. The fourth-order valence-corrected chi connectivity index (χ4v) is 4.00. The molecule has 170 valence electrons. The van der Waals surface area contributed by atoms with Crippen molar-refractivity contribution < 1.29 is 14.0 Å². The van der Waals surface area contributed by atoms with Crippen LogP contribution in [0.4, 0.5) is 5.82 Å². The predicted octanol–water partition coefficient (Wildman–Crippen LogP) is 3.01. The van der Waals surface area contributed by atoms with E-state index in [4.69, 9.17) is 14.0 Å². The number of hydrogen-bond acceptors (Lipinski definition) is 8. The molecule has 0 aliphatic carbocycles. The second-order valence-corrected chi connectivity index (χ2v) is 7.97. The number of ether oxygens (including phenoxy) is 2. The van der Waals surface area contributed by atoms with Gasteiger partial charge in [-0.25, -0.2) is 4.98 Å². The van der Waals surface area contributed by atoms with E-state index in [2.05, 4.69) is 38.0 Å². The maximum atomic E-state index is 5.60. The van der Waals surface area contributed by atoms with E-state index in [-0.39, 0.29) is 0 Å². The minimum absolute atomic E-state index is 0.660. The number of rotatable bonds is 9. The minimum Gasteiger partial charge on any atom is -0.493 e. The van der Waals surface area contributed by atoms with Crippen molar-refractivity contribution in [2.24, 2.45) is 0 Å². The molecule has 1 aliphatic heterocycles. The van der Waals surface area contributed by atoms with Crippen LogP contribution in [0.1, 0.15) is 5.76 Å². The highest BCUT2D eigenvalue weighted by atomic mass is 16.5. The summed E-state index contributed by atoms with van der Waals surface area (Å²) in [5.41, 5.74) is 1.60. The van der Waals surface area contributed by atoms with Crippen LogP contribution in [0, 0.1) is 0 Å². The van der Waals surface area contributed by atoms with Crippen molar-refractivity contribution >= 4 is 5.82 Å². The number of nitrogens with zero attached hydrogens (tertiary/aromatic N) is 5. The molecule has 4 rings (SSSR count). The van der Waals surface area contributed by atoms with Gasteiger partial charge < -0.3 is 18.9 Å². The number of benzene rings is 1. The van der Waals surface area contributed by atoms with Crippen LogP contribution < -0.4 is 14.4 Å². The van der Waals surface area contributed by atoms with Gasteiger partial charge in [-0.05, 0) is 31.3 Å². The molecule has 0 atom stereocenters. The summed E-state index contributed by atoms with van der Waals surface area (Å²) < 4.78 is 16.5. The number of likely N-dealkylation sites (N-methyl/N-ethyl adjacent to an activating group) is 1. The second kappa shape index (κ2) is 10.5. The van der Waals surface area contributed by atoms with E-state index in [1.807, 2.05) is 42.6 Å². The van der Waals surface area contributed by atoms with Gasteiger partial charge in [0.05, 0.1) is 20.8 Å². The highest BCUT2D eigenvalue weighted by Crippen LogP contribution is 2.37. The quantitative estimate of drug-likeness (QED) is 0.506. The monoisotopic (exact) mass is 437 g/mol. The van der Waals surface area contributed by atoms with Gasteiger partial charge in [0, 0.05) is 57.1 Å². The van der Waals surface area contributed by atoms with Crippen LogP contribution in [0.2, 0.25) is 0 Å². The predicted molar refractivity (Wildman–Crippen MR) is 124 cm³/mol. The van der Waals surface area contributed by atoms with Crippen molar-refractivity contribution in [1.82, 2.24) is 19.9 Å². The van der Waals surface area contributed by atoms with Crippen LogP contribution in [-0.2, 0) is 6.54 Å². The molecule has 0 unspecified atom stereocenters. The molecule has 1 fully saturated rings.